The largest absolute Gasteiger partial charge is 0.396 e. The lowest BCUT2D eigenvalue weighted by Gasteiger charge is -2.29. The average molecular weight is 381 g/mol. The van der Waals surface area contributed by atoms with Gasteiger partial charge in [-0.05, 0) is 38.0 Å². The van der Waals surface area contributed by atoms with Crippen molar-refractivity contribution in [2.75, 3.05) is 24.6 Å². The highest BCUT2D eigenvalue weighted by Crippen LogP contribution is 2.28. The number of amides is 1. The third-order valence-corrected chi connectivity index (χ3v) is 3.61. The van der Waals surface area contributed by atoms with Gasteiger partial charge in [0, 0.05) is 6.61 Å². The van der Waals surface area contributed by atoms with Crippen LogP contribution < -0.4 is 10.6 Å². The summed E-state index contributed by atoms with van der Waals surface area (Å²) in [6.07, 6.45) is 13.6. The normalized spacial score (nSPS) is 14.4. The van der Waals surface area contributed by atoms with Crippen LogP contribution >= 0.6 is 0 Å². The van der Waals surface area contributed by atoms with Crippen molar-refractivity contribution in [2.45, 2.75) is 20.3 Å². The van der Waals surface area contributed by atoms with Crippen LogP contribution in [0.2, 0.25) is 0 Å². The molecule has 0 aliphatic carbocycles. The second-order valence-corrected chi connectivity index (χ2v) is 5.70. The van der Waals surface area contributed by atoms with E-state index in [4.69, 9.17) is 10.8 Å². The molecule has 3 N–H and O–H groups in total. The molecule has 1 aliphatic heterocycles. The lowest BCUT2D eigenvalue weighted by Crippen LogP contribution is -2.43. The van der Waals surface area contributed by atoms with Gasteiger partial charge in [0.15, 0.2) is 0 Å². The molecule has 1 heterocycles. The maximum Gasteiger partial charge on any atom is 0.253 e. The van der Waals surface area contributed by atoms with Gasteiger partial charge in [-0.15, -0.1) is 12.3 Å². The van der Waals surface area contributed by atoms with Crippen LogP contribution in [0.4, 0.5) is 11.4 Å². The molecule has 0 saturated carbocycles. The molecular formula is C21H27N5O2. The number of benzene rings is 1. The van der Waals surface area contributed by atoms with Crippen molar-refractivity contribution in [2.24, 2.45) is 15.8 Å². The number of carbonyl (C=O) groups is 1. The number of nitrogens with two attached hydrogens (primary N) is 1. The number of hydrazone groups is 1. The van der Waals surface area contributed by atoms with E-state index in [9.17, 15) is 4.79 Å². The summed E-state index contributed by atoms with van der Waals surface area (Å²) in [5.74, 6) is 2.14. The Labute approximate surface area is 166 Å². The lowest BCUT2D eigenvalue weighted by atomic mass is 10.1. The summed E-state index contributed by atoms with van der Waals surface area (Å²) >= 11 is 0. The van der Waals surface area contributed by atoms with Crippen LogP contribution in [0.5, 0.6) is 0 Å². The summed E-state index contributed by atoms with van der Waals surface area (Å²) in [6.45, 7) is 4.28. The molecule has 7 heteroatoms. The fraction of sp³-hybridized carbons (Fsp3) is 0.286. The average Bonchev–Trinajstić information content (AvgIpc) is 2.68. The van der Waals surface area contributed by atoms with Crippen LogP contribution in [0.15, 0.2) is 58.2 Å². The molecule has 0 spiro atoms. The van der Waals surface area contributed by atoms with E-state index in [1.165, 1.54) is 17.6 Å². The quantitative estimate of drug-likeness (QED) is 0.328. The smallest absolute Gasteiger partial charge is 0.253 e. The molecule has 0 radical (unpaired) electrons. The number of hydrogen-bond donors (Lipinski definition) is 2. The number of aliphatic imine (C=N–C) groups is 1. The Morgan fingerprint density at radius 2 is 2.18 bits per heavy atom. The van der Waals surface area contributed by atoms with Crippen LogP contribution in [-0.4, -0.2) is 48.4 Å². The molecule has 7 nitrogen and oxygen atoms in total. The van der Waals surface area contributed by atoms with Crippen LogP contribution in [0.25, 0.3) is 0 Å². The minimum atomic E-state index is -0.107. The summed E-state index contributed by atoms with van der Waals surface area (Å²) < 4.78 is 0. The van der Waals surface area contributed by atoms with Crippen LogP contribution in [-0.2, 0) is 4.79 Å². The molecule has 0 atom stereocenters. The summed E-state index contributed by atoms with van der Waals surface area (Å²) in [7, 11) is 0. The van der Waals surface area contributed by atoms with Gasteiger partial charge in [0.1, 0.15) is 12.9 Å². The number of nitrogens with zero attached hydrogens (tertiary/aromatic N) is 4. The number of terminal acetylenes is 1. The van der Waals surface area contributed by atoms with Crippen molar-refractivity contribution in [1.29, 1.82) is 0 Å². The van der Waals surface area contributed by atoms with Crippen LogP contribution in [0, 0.1) is 12.3 Å². The van der Waals surface area contributed by atoms with E-state index in [1.54, 1.807) is 24.1 Å². The van der Waals surface area contributed by atoms with Crippen LogP contribution in [0.3, 0.4) is 0 Å². The fourth-order valence-corrected chi connectivity index (χ4v) is 2.44. The first-order valence-electron chi connectivity index (χ1n) is 8.84. The maximum absolute atomic E-state index is 12.5. The molecule has 0 saturated heterocycles. The van der Waals surface area contributed by atoms with E-state index < -0.39 is 0 Å². The topological polar surface area (TPSA) is 94.5 Å². The molecule has 1 aromatic rings. The predicted molar refractivity (Wildman–Crippen MR) is 115 cm³/mol. The number of aliphatic hydroxyl groups excluding tert-OH is 1. The number of para-hydroxylation sites is 2. The summed E-state index contributed by atoms with van der Waals surface area (Å²) in [4.78, 5) is 18.1. The van der Waals surface area contributed by atoms with Crippen LogP contribution in [0.1, 0.15) is 20.3 Å². The lowest BCUT2D eigenvalue weighted by molar-refractivity contribution is -0.119. The molecule has 0 unspecified atom stereocenters. The minimum absolute atomic E-state index is 0.0610. The zero-order chi connectivity index (χ0) is 20.8. The molecule has 1 aliphatic rings. The second-order valence-electron chi connectivity index (χ2n) is 5.70. The Balaban J connectivity index is 0.00000122. The summed E-state index contributed by atoms with van der Waals surface area (Å²) in [5, 5.41) is 15.2. The Kier molecular flexibility index (Phi) is 10.4. The maximum atomic E-state index is 12.5. The third-order valence-electron chi connectivity index (χ3n) is 3.61. The van der Waals surface area contributed by atoms with E-state index in [-0.39, 0.29) is 19.1 Å². The molecular weight excluding hydrogens is 354 g/mol. The number of hydrogen-bond acceptors (Lipinski definition) is 5. The Morgan fingerprint density at radius 3 is 2.79 bits per heavy atom. The van der Waals surface area contributed by atoms with Gasteiger partial charge >= 0.3 is 0 Å². The zero-order valence-electron chi connectivity index (χ0n) is 16.3. The molecule has 0 fully saturated rings. The zero-order valence-corrected chi connectivity index (χ0v) is 16.3. The van der Waals surface area contributed by atoms with Gasteiger partial charge in [0.25, 0.3) is 5.91 Å². The molecule has 2 rings (SSSR count). The first-order valence-corrected chi connectivity index (χ1v) is 8.84. The van der Waals surface area contributed by atoms with Crippen molar-refractivity contribution in [3.05, 3.63) is 48.1 Å². The van der Waals surface area contributed by atoms with Gasteiger partial charge < -0.3 is 10.8 Å². The Morgan fingerprint density at radius 1 is 1.46 bits per heavy atom. The van der Waals surface area contributed by atoms with Crippen molar-refractivity contribution in [3.63, 3.8) is 0 Å². The third kappa shape index (κ3) is 7.09. The number of aliphatic hydroxyl groups is 1. The van der Waals surface area contributed by atoms with Crippen molar-refractivity contribution in [1.82, 2.24) is 5.01 Å². The van der Waals surface area contributed by atoms with Crippen molar-refractivity contribution < 1.29 is 9.90 Å². The highest BCUT2D eigenvalue weighted by atomic mass is 16.3. The SMILES string of the molecule is C#CC.C/C=C\C=C(/CCO)CN1CC(=O)N(c2ccccc2N=CN)C=N1. The van der Waals surface area contributed by atoms with Gasteiger partial charge in [-0.25, -0.2) is 4.99 Å². The first-order chi connectivity index (χ1) is 13.6. The molecule has 1 amide bonds. The summed E-state index contributed by atoms with van der Waals surface area (Å²) in [5.41, 5.74) is 7.62. The summed E-state index contributed by atoms with van der Waals surface area (Å²) in [6, 6.07) is 7.24. The van der Waals surface area contributed by atoms with E-state index in [0.717, 1.165) is 5.57 Å². The molecule has 0 aromatic heterocycles. The number of carbonyl (C=O) groups excluding carboxylic acids is 1. The monoisotopic (exact) mass is 381 g/mol. The van der Waals surface area contributed by atoms with E-state index in [2.05, 4.69) is 22.4 Å². The van der Waals surface area contributed by atoms with Gasteiger partial charge in [0.2, 0.25) is 0 Å². The number of anilines is 1. The number of allylic oxidation sites excluding steroid dienone is 3. The minimum Gasteiger partial charge on any atom is -0.396 e. The Bertz CT molecular complexity index is 790. The van der Waals surface area contributed by atoms with Crippen molar-refractivity contribution in [3.8, 4) is 12.3 Å². The standard InChI is InChI=1S/C18H23N5O2.C3H4/c1-2-3-6-15(9-10-24)11-22-12-18(25)23(14-21-22)17-8-5-4-7-16(17)20-13-19;1-3-2/h2-8,13-14,24H,9-12H2,1H3,(H2,19,20);1H,2H3/b3-2-,15-6+;. The van der Waals surface area contributed by atoms with Crippen molar-refractivity contribution >= 4 is 30.0 Å². The predicted octanol–water partition coefficient (Wildman–Crippen LogP) is 2.42. The fourth-order valence-electron chi connectivity index (χ4n) is 2.44. The van der Waals surface area contributed by atoms with Gasteiger partial charge in [0.05, 0.1) is 24.3 Å². The molecule has 148 valence electrons. The highest BCUT2D eigenvalue weighted by molar-refractivity contribution is 6.12. The van der Waals surface area contributed by atoms with E-state index in [1.807, 2.05) is 37.3 Å². The molecule has 28 heavy (non-hydrogen) atoms. The number of rotatable bonds is 7. The highest BCUT2D eigenvalue weighted by Gasteiger charge is 2.23. The van der Waals surface area contributed by atoms with Gasteiger partial charge in [-0.3, -0.25) is 14.7 Å². The van der Waals surface area contributed by atoms with E-state index >= 15 is 0 Å². The molecule has 0 bridgehead atoms. The first kappa shape index (κ1) is 22.7. The van der Waals surface area contributed by atoms with Gasteiger partial charge in [-0.2, -0.15) is 5.10 Å². The van der Waals surface area contributed by atoms with E-state index in [0.29, 0.717) is 24.3 Å². The second kappa shape index (κ2) is 12.9. The molecule has 1 aromatic carbocycles. The Hall–Kier alpha value is -3.37. The van der Waals surface area contributed by atoms with Gasteiger partial charge in [-0.1, -0.05) is 30.4 Å².